The number of rotatable bonds is 4. The first-order valence-electron chi connectivity index (χ1n) is 7.94. The largest absolute Gasteiger partial charge is 0.485 e. The van der Waals surface area contributed by atoms with Crippen LogP contribution in [0.15, 0.2) is 27.5 Å². The Kier molecular flexibility index (Phi) is 4.20. The number of benzene rings is 1. The average Bonchev–Trinajstić information content (AvgIpc) is 3.12. The lowest BCUT2D eigenvalue weighted by atomic mass is 9.85. The monoisotopic (exact) mass is 343 g/mol. The molecule has 8 heteroatoms. The van der Waals surface area contributed by atoms with E-state index in [0.717, 1.165) is 16.9 Å². The predicted molar refractivity (Wildman–Crippen MR) is 91.3 cm³/mol. The van der Waals surface area contributed by atoms with Crippen LogP contribution in [0.5, 0.6) is 5.75 Å². The number of nitrogens with zero attached hydrogens (tertiary/aromatic N) is 4. The summed E-state index contributed by atoms with van der Waals surface area (Å²) in [4.78, 5) is 15.7. The highest BCUT2D eigenvalue weighted by Gasteiger charge is 2.21. The molecule has 0 aliphatic rings. The van der Waals surface area contributed by atoms with Gasteiger partial charge in [0.15, 0.2) is 11.6 Å². The van der Waals surface area contributed by atoms with Gasteiger partial charge in [0, 0.05) is 18.2 Å². The molecule has 1 aromatic carbocycles. The Balaban J connectivity index is 1.93. The van der Waals surface area contributed by atoms with Crippen LogP contribution < -0.4 is 10.4 Å². The lowest BCUT2D eigenvalue weighted by Crippen LogP contribution is -2.17. The molecule has 0 saturated heterocycles. The van der Waals surface area contributed by atoms with Crippen molar-refractivity contribution in [3.63, 3.8) is 0 Å². The van der Waals surface area contributed by atoms with Crippen molar-refractivity contribution >= 4 is 0 Å². The summed E-state index contributed by atoms with van der Waals surface area (Å²) in [6, 6.07) is 5.74. The van der Waals surface area contributed by atoms with Crippen LogP contribution in [0.1, 0.15) is 38.0 Å². The highest BCUT2D eigenvalue weighted by molar-refractivity contribution is 5.58. The third-order valence-electron chi connectivity index (χ3n) is 3.89. The Hall–Kier alpha value is -2.90. The summed E-state index contributed by atoms with van der Waals surface area (Å²) in [5.41, 5.74) is 1.42. The minimum Gasteiger partial charge on any atom is -0.485 e. The molecule has 0 fully saturated rings. The molecule has 1 N–H and O–H groups in total. The molecule has 0 aliphatic carbocycles. The molecular weight excluding hydrogens is 322 g/mol. The summed E-state index contributed by atoms with van der Waals surface area (Å²) >= 11 is 0. The third kappa shape index (κ3) is 3.47. The van der Waals surface area contributed by atoms with Gasteiger partial charge in [0.05, 0.1) is 0 Å². The van der Waals surface area contributed by atoms with E-state index in [0.29, 0.717) is 17.5 Å². The second-order valence-electron chi connectivity index (χ2n) is 6.90. The number of H-pyrrole nitrogens is 1. The van der Waals surface area contributed by atoms with Crippen LogP contribution in [0.2, 0.25) is 0 Å². The minimum atomic E-state index is -0.267. The second-order valence-corrected chi connectivity index (χ2v) is 6.90. The number of nitrogens with one attached hydrogen (secondary N) is 1. The molecule has 0 unspecified atom stereocenters. The van der Waals surface area contributed by atoms with Crippen LogP contribution in [0.25, 0.3) is 11.5 Å². The first-order valence-corrected chi connectivity index (χ1v) is 7.94. The lowest BCUT2D eigenvalue weighted by molar-refractivity contribution is 0.283. The van der Waals surface area contributed by atoms with Gasteiger partial charge in [-0.1, -0.05) is 25.9 Å². The van der Waals surface area contributed by atoms with E-state index in [1.165, 1.54) is 4.57 Å². The molecule has 0 aliphatic heterocycles. The van der Waals surface area contributed by atoms with E-state index in [1.54, 1.807) is 14.0 Å². The van der Waals surface area contributed by atoms with E-state index in [2.05, 4.69) is 41.1 Å². The topological polar surface area (TPSA) is 98.8 Å². The van der Waals surface area contributed by atoms with E-state index in [4.69, 9.17) is 9.26 Å². The fourth-order valence-corrected chi connectivity index (χ4v) is 2.44. The van der Waals surface area contributed by atoms with Crippen molar-refractivity contribution < 1.29 is 9.26 Å². The number of aromatic amines is 1. The fraction of sp³-hybridized carbons (Fsp3) is 0.412. The van der Waals surface area contributed by atoms with Crippen molar-refractivity contribution in [1.29, 1.82) is 0 Å². The maximum absolute atomic E-state index is 11.4. The Morgan fingerprint density at radius 2 is 2.08 bits per heavy atom. The van der Waals surface area contributed by atoms with E-state index >= 15 is 0 Å². The maximum atomic E-state index is 11.4. The molecule has 0 spiro atoms. The zero-order valence-corrected chi connectivity index (χ0v) is 15.0. The molecule has 0 amide bonds. The summed E-state index contributed by atoms with van der Waals surface area (Å²) in [6.45, 7) is 8.27. The van der Waals surface area contributed by atoms with Crippen molar-refractivity contribution in [1.82, 2.24) is 24.9 Å². The van der Waals surface area contributed by atoms with Crippen LogP contribution >= 0.6 is 0 Å². The normalized spacial score (nSPS) is 11.7. The molecule has 25 heavy (non-hydrogen) atoms. The number of hydrogen-bond acceptors (Lipinski definition) is 6. The van der Waals surface area contributed by atoms with E-state index in [9.17, 15) is 4.79 Å². The quantitative estimate of drug-likeness (QED) is 0.780. The van der Waals surface area contributed by atoms with Gasteiger partial charge in [-0.25, -0.2) is 9.89 Å². The zero-order chi connectivity index (χ0) is 18.2. The highest BCUT2D eigenvalue weighted by atomic mass is 16.5. The van der Waals surface area contributed by atoms with Gasteiger partial charge >= 0.3 is 5.69 Å². The number of ether oxygens (including phenoxy) is 1. The SMILES string of the molecule is Cc1noc(-c2ccc(OCc3n[nH]c(=O)n3C)c(C(C)(C)C)c2)n1. The Morgan fingerprint density at radius 3 is 2.64 bits per heavy atom. The first-order chi connectivity index (χ1) is 11.8. The standard InChI is InChI=1S/C17H21N5O3/c1-10-18-15(25-21-10)11-6-7-13(12(8-11)17(2,3)4)24-9-14-19-20-16(23)22(14)5/h6-8H,9H2,1-5H3,(H,20,23). The van der Waals surface area contributed by atoms with Crippen molar-refractivity contribution in [2.75, 3.05) is 0 Å². The van der Waals surface area contributed by atoms with Gasteiger partial charge in [-0.3, -0.25) is 4.57 Å². The van der Waals surface area contributed by atoms with Gasteiger partial charge < -0.3 is 9.26 Å². The van der Waals surface area contributed by atoms with Gasteiger partial charge in [-0.05, 0) is 30.5 Å². The van der Waals surface area contributed by atoms with Crippen molar-refractivity contribution in [3.8, 4) is 17.2 Å². The average molecular weight is 343 g/mol. The highest BCUT2D eigenvalue weighted by Crippen LogP contribution is 2.35. The lowest BCUT2D eigenvalue weighted by Gasteiger charge is -2.23. The van der Waals surface area contributed by atoms with E-state index in [1.807, 2.05) is 18.2 Å². The Labute approximate surface area is 144 Å². The van der Waals surface area contributed by atoms with Crippen molar-refractivity contribution in [2.45, 2.75) is 39.7 Å². The van der Waals surface area contributed by atoms with Crippen LogP contribution in [-0.4, -0.2) is 24.9 Å². The van der Waals surface area contributed by atoms with Gasteiger partial charge in [0.2, 0.25) is 0 Å². The second kappa shape index (κ2) is 6.19. The molecule has 0 atom stereocenters. The molecule has 132 valence electrons. The molecular formula is C17H21N5O3. The van der Waals surface area contributed by atoms with E-state index in [-0.39, 0.29) is 17.7 Å². The van der Waals surface area contributed by atoms with Gasteiger partial charge in [0.25, 0.3) is 5.89 Å². The summed E-state index contributed by atoms with van der Waals surface area (Å²) in [7, 11) is 1.65. The van der Waals surface area contributed by atoms with E-state index < -0.39 is 0 Å². The first kappa shape index (κ1) is 16.9. The molecule has 0 radical (unpaired) electrons. The van der Waals surface area contributed by atoms with Gasteiger partial charge in [-0.15, -0.1) is 0 Å². The fourth-order valence-electron chi connectivity index (χ4n) is 2.44. The summed E-state index contributed by atoms with van der Waals surface area (Å²) < 4.78 is 12.6. The molecule has 2 heterocycles. The molecule has 0 saturated carbocycles. The third-order valence-corrected chi connectivity index (χ3v) is 3.89. The van der Waals surface area contributed by atoms with Crippen molar-refractivity contribution in [2.24, 2.45) is 7.05 Å². The molecule has 0 bridgehead atoms. The van der Waals surface area contributed by atoms with Crippen molar-refractivity contribution in [3.05, 3.63) is 45.9 Å². The molecule has 3 rings (SSSR count). The summed E-state index contributed by atoms with van der Waals surface area (Å²) in [5, 5.41) is 10.2. The molecule has 8 nitrogen and oxygen atoms in total. The maximum Gasteiger partial charge on any atom is 0.343 e. The Morgan fingerprint density at radius 1 is 1.32 bits per heavy atom. The van der Waals surface area contributed by atoms with Crippen LogP contribution in [0.4, 0.5) is 0 Å². The predicted octanol–water partition coefficient (Wildman–Crippen LogP) is 2.34. The van der Waals surface area contributed by atoms with Gasteiger partial charge in [-0.2, -0.15) is 10.1 Å². The van der Waals surface area contributed by atoms with Gasteiger partial charge in [0.1, 0.15) is 12.4 Å². The number of aromatic nitrogens is 5. The smallest absolute Gasteiger partial charge is 0.343 e. The molecule has 3 aromatic rings. The van der Waals surface area contributed by atoms with Crippen LogP contribution in [0.3, 0.4) is 0 Å². The Bertz CT molecular complexity index is 946. The van der Waals surface area contributed by atoms with Crippen LogP contribution in [0, 0.1) is 6.92 Å². The summed E-state index contributed by atoms with van der Waals surface area (Å²) in [5.74, 6) is 2.32. The molecule has 2 aromatic heterocycles. The zero-order valence-electron chi connectivity index (χ0n) is 15.0. The number of hydrogen-bond donors (Lipinski definition) is 1. The summed E-state index contributed by atoms with van der Waals surface area (Å²) in [6.07, 6.45) is 0. The van der Waals surface area contributed by atoms with Crippen LogP contribution in [-0.2, 0) is 19.1 Å². The minimum absolute atomic E-state index is 0.155. The number of aryl methyl sites for hydroxylation is 1.